The lowest BCUT2D eigenvalue weighted by atomic mass is 9.84. The van der Waals surface area contributed by atoms with Gasteiger partial charge in [0.1, 0.15) is 0 Å². The minimum Gasteiger partial charge on any atom is -0.478 e. The maximum absolute atomic E-state index is 11.8. The average Bonchev–Trinajstić information content (AvgIpc) is 2.62. The van der Waals surface area contributed by atoms with Crippen molar-refractivity contribution in [3.63, 3.8) is 0 Å². The van der Waals surface area contributed by atoms with E-state index in [0.29, 0.717) is 11.5 Å². The van der Waals surface area contributed by atoms with Gasteiger partial charge in [0.2, 0.25) is 0 Å². The Morgan fingerprint density at radius 1 is 0.885 bits per heavy atom. The number of unbranched alkanes of at least 4 members (excludes halogenated alkanes) is 5. The second-order valence-electron chi connectivity index (χ2n) is 7.90. The molecule has 26 heavy (non-hydrogen) atoms. The Balaban J connectivity index is 3.07. The van der Waals surface area contributed by atoms with Gasteiger partial charge in [-0.15, -0.1) is 0 Å². The molecule has 0 aliphatic rings. The van der Waals surface area contributed by atoms with E-state index in [1.807, 2.05) is 6.07 Å². The van der Waals surface area contributed by atoms with Crippen molar-refractivity contribution in [3.05, 3.63) is 34.4 Å². The molecule has 1 aromatic rings. The van der Waals surface area contributed by atoms with E-state index in [-0.39, 0.29) is 0 Å². The van der Waals surface area contributed by atoms with Crippen molar-refractivity contribution in [2.45, 2.75) is 105 Å². The third kappa shape index (κ3) is 7.51. The van der Waals surface area contributed by atoms with Gasteiger partial charge < -0.3 is 5.11 Å². The largest absolute Gasteiger partial charge is 0.478 e. The molecule has 1 unspecified atom stereocenters. The summed E-state index contributed by atoms with van der Waals surface area (Å²) in [4.78, 5) is 11.8. The summed E-state index contributed by atoms with van der Waals surface area (Å²) < 4.78 is 0. The van der Waals surface area contributed by atoms with Crippen LogP contribution >= 0.6 is 0 Å². The molecule has 0 aliphatic carbocycles. The van der Waals surface area contributed by atoms with Crippen LogP contribution in [0.4, 0.5) is 0 Å². The molecule has 0 fully saturated rings. The SMILES string of the molecule is CCCCCCC(C)Cc1c(CCCC)ccc(C(=O)O)c1CCCC. The van der Waals surface area contributed by atoms with Gasteiger partial charge in [-0.1, -0.05) is 78.7 Å². The Hall–Kier alpha value is -1.31. The van der Waals surface area contributed by atoms with E-state index in [1.165, 1.54) is 56.1 Å². The van der Waals surface area contributed by atoms with Gasteiger partial charge in [0.05, 0.1) is 5.56 Å². The quantitative estimate of drug-likeness (QED) is 0.356. The first-order valence-electron chi connectivity index (χ1n) is 10.9. The van der Waals surface area contributed by atoms with E-state index in [2.05, 4.69) is 33.8 Å². The van der Waals surface area contributed by atoms with Crippen LogP contribution in [-0.2, 0) is 19.3 Å². The van der Waals surface area contributed by atoms with Crippen LogP contribution in [0.3, 0.4) is 0 Å². The summed E-state index contributed by atoms with van der Waals surface area (Å²) in [5, 5.41) is 9.69. The number of carbonyl (C=O) groups is 1. The van der Waals surface area contributed by atoms with Crippen LogP contribution in [0.5, 0.6) is 0 Å². The van der Waals surface area contributed by atoms with Crippen molar-refractivity contribution in [3.8, 4) is 0 Å². The van der Waals surface area contributed by atoms with Gasteiger partial charge in [0.25, 0.3) is 0 Å². The van der Waals surface area contributed by atoms with Crippen LogP contribution in [0.25, 0.3) is 0 Å². The second-order valence-corrected chi connectivity index (χ2v) is 7.90. The summed E-state index contributed by atoms with van der Waals surface area (Å²) in [7, 11) is 0. The molecule has 1 rings (SSSR count). The summed E-state index contributed by atoms with van der Waals surface area (Å²) in [6.45, 7) is 8.99. The van der Waals surface area contributed by atoms with Crippen molar-refractivity contribution in [1.29, 1.82) is 0 Å². The molecule has 0 aromatic heterocycles. The highest BCUT2D eigenvalue weighted by Gasteiger charge is 2.18. The van der Waals surface area contributed by atoms with Crippen molar-refractivity contribution >= 4 is 5.97 Å². The Kier molecular flexibility index (Phi) is 11.3. The molecule has 0 amide bonds. The normalized spacial score (nSPS) is 12.3. The molecule has 2 nitrogen and oxygen atoms in total. The topological polar surface area (TPSA) is 37.3 Å². The number of carboxylic acid groups (broad SMARTS) is 1. The van der Waals surface area contributed by atoms with Crippen LogP contribution in [0.15, 0.2) is 12.1 Å². The van der Waals surface area contributed by atoms with Crippen LogP contribution in [0.1, 0.15) is 113 Å². The highest BCUT2D eigenvalue weighted by atomic mass is 16.4. The van der Waals surface area contributed by atoms with Crippen LogP contribution in [-0.4, -0.2) is 11.1 Å². The molecule has 1 atom stereocenters. The molecular weight excluding hydrogens is 320 g/mol. The highest BCUT2D eigenvalue weighted by molar-refractivity contribution is 5.90. The Morgan fingerprint density at radius 2 is 1.54 bits per heavy atom. The Morgan fingerprint density at radius 3 is 2.15 bits per heavy atom. The van der Waals surface area contributed by atoms with Gasteiger partial charge in [-0.2, -0.15) is 0 Å². The van der Waals surface area contributed by atoms with Crippen LogP contribution < -0.4 is 0 Å². The number of carboxylic acids is 1. The zero-order valence-electron chi connectivity index (χ0n) is 17.6. The minimum absolute atomic E-state index is 0.534. The first kappa shape index (κ1) is 22.7. The second kappa shape index (κ2) is 12.9. The van der Waals surface area contributed by atoms with E-state index in [9.17, 15) is 9.90 Å². The number of aromatic carboxylic acids is 1. The number of benzene rings is 1. The standard InChI is InChI=1S/C24H40O2/c1-5-8-11-12-13-19(4)18-23-20(14-9-6-2)16-17-22(24(25)26)21(23)15-10-7-3/h16-17,19H,5-15,18H2,1-4H3,(H,25,26). The zero-order valence-corrected chi connectivity index (χ0v) is 17.6. The number of hydrogen-bond donors (Lipinski definition) is 1. The predicted octanol–water partition coefficient (Wildman–Crippen LogP) is 7.22. The first-order chi connectivity index (χ1) is 12.5. The third-order valence-electron chi connectivity index (χ3n) is 5.44. The lowest BCUT2D eigenvalue weighted by molar-refractivity contribution is 0.0695. The monoisotopic (exact) mass is 360 g/mol. The van der Waals surface area contributed by atoms with E-state index < -0.39 is 5.97 Å². The summed E-state index contributed by atoms with van der Waals surface area (Å²) in [6, 6.07) is 3.95. The fourth-order valence-electron chi connectivity index (χ4n) is 3.81. The van der Waals surface area contributed by atoms with Crippen molar-refractivity contribution in [2.75, 3.05) is 0 Å². The maximum Gasteiger partial charge on any atom is 0.335 e. The van der Waals surface area contributed by atoms with E-state index >= 15 is 0 Å². The van der Waals surface area contributed by atoms with Crippen molar-refractivity contribution < 1.29 is 9.90 Å². The van der Waals surface area contributed by atoms with Crippen LogP contribution in [0.2, 0.25) is 0 Å². The van der Waals surface area contributed by atoms with Gasteiger partial charge in [0.15, 0.2) is 0 Å². The smallest absolute Gasteiger partial charge is 0.335 e. The predicted molar refractivity (Wildman–Crippen MR) is 112 cm³/mol. The number of rotatable bonds is 14. The van der Waals surface area contributed by atoms with Crippen LogP contribution in [0, 0.1) is 5.92 Å². The molecule has 0 saturated carbocycles. The molecule has 1 N–H and O–H groups in total. The van der Waals surface area contributed by atoms with E-state index in [4.69, 9.17) is 0 Å². The molecule has 2 heteroatoms. The first-order valence-corrected chi connectivity index (χ1v) is 10.9. The molecule has 0 spiro atoms. The Bertz CT molecular complexity index is 533. The number of aryl methyl sites for hydroxylation is 1. The summed E-state index contributed by atoms with van der Waals surface area (Å²) >= 11 is 0. The molecule has 0 radical (unpaired) electrons. The van der Waals surface area contributed by atoms with Gasteiger partial charge in [-0.05, 0) is 60.8 Å². The molecule has 1 aromatic carbocycles. The van der Waals surface area contributed by atoms with Gasteiger partial charge in [0, 0.05) is 0 Å². The molecule has 0 bridgehead atoms. The zero-order chi connectivity index (χ0) is 19.4. The number of hydrogen-bond acceptors (Lipinski definition) is 1. The lowest BCUT2D eigenvalue weighted by Gasteiger charge is -2.21. The molecule has 148 valence electrons. The highest BCUT2D eigenvalue weighted by Crippen LogP contribution is 2.28. The fourth-order valence-corrected chi connectivity index (χ4v) is 3.81. The summed E-state index contributed by atoms with van der Waals surface area (Å²) in [5.74, 6) is -0.147. The molecule has 0 aliphatic heterocycles. The van der Waals surface area contributed by atoms with Gasteiger partial charge >= 0.3 is 5.97 Å². The maximum atomic E-state index is 11.8. The average molecular weight is 361 g/mol. The van der Waals surface area contributed by atoms with Crippen molar-refractivity contribution in [2.24, 2.45) is 5.92 Å². The van der Waals surface area contributed by atoms with Gasteiger partial charge in [-0.3, -0.25) is 0 Å². The Labute approximate surface area is 161 Å². The molecule has 0 heterocycles. The van der Waals surface area contributed by atoms with E-state index in [0.717, 1.165) is 37.7 Å². The minimum atomic E-state index is -0.769. The summed E-state index contributed by atoms with van der Waals surface area (Å²) in [6.07, 6.45) is 14.0. The molecular formula is C24H40O2. The van der Waals surface area contributed by atoms with E-state index in [1.54, 1.807) is 0 Å². The fraction of sp³-hybridized carbons (Fsp3) is 0.708. The van der Waals surface area contributed by atoms with Gasteiger partial charge in [-0.25, -0.2) is 4.79 Å². The molecule has 0 saturated heterocycles. The third-order valence-corrected chi connectivity index (χ3v) is 5.44. The van der Waals surface area contributed by atoms with Crippen molar-refractivity contribution in [1.82, 2.24) is 0 Å². The lowest BCUT2D eigenvalue weighted by Crippen LogP contribution is -2.12. The summed E-state index contributed by atoms with van der Waals surface area (Å²) in [5.41, 5.74) is 4.40.